The maximum absolute atomic E-state index is 14.2. The van der Waals surface area contributed by atoms with E-state index in [4.69, 9.17) is 4.42 Å². The number of fused-ring (bicyclic) bond motifs is 2. The molecule has 1 aromatic heterocycles. The van der Waals surface area contributed by atoms with Crippen molar-refractivity contribution in [1.82, 2.24) is 14.2 Å². The Labute approximate surface area is 221 Å². The first-order chi connectivity index (χ1) is 18.2. The van der Waals surface area contributed by atoms with Crippen LogP contribution in [0, 0.1) is 5.82 Å². The van der Waals surface area contributed by atoms with Gasteiger partial charge in [0.25, 0.3) is 5.91 Å². The Bertz CT molecular complexity index is 1570. The molecular formula is C28H29FN4O4S. The highest BCUT2D eigenvalue weighted by Crippen LogP contribution is 2.27. The van der Waals surface area contributed by atoms with Gasteiger partial charge in [0, 0.05) is 25.2 Å². The lowest BCUT2D eigenvalue weighted by Crippen LogP contribution is -2.36. The Hall–Kier alpha value is -3.60. The highest BCUT2D eigenvalue weighted by atomic mass is 32.2. The summed E-state index contributed by atoms with van der Waals surface area (Å²) < 4.78 is 48.1. The third-order valence-corrected chi connectivity index (χ3v) is 8.52. The van der Waals surface area contributed by atoms with E-state index in [9.17, 15) is 17.6 Å². The van der Waals surface area contributed by atoms with Gasteiger partial charge in [0.15, 0.2) is 11.4 Å². The standard InChI is InChI=1S/C28H29FN4O4S/c1-31(2)16-6-17-33(28-30-26-24(29)9-5-10-25(26)37-28)27(34)21-11-13-23(14-12-21)38(35,36)32-18-15-20-7-3-4-8-22(20)19-32/h3-5,7-14H,6,15-19H2,1-2H3. The molecule has 2 heterocycles. The van der Waals surface area contributed by atoms with Gasteiger partial charge in [-0.2, -0.15) is 9.29 Å². The number of para-hydroxylation sites is 1. The number of benzene rings is 3. The van der Waals surface area contributed by atoms with E-state index in [0.717, 1.165) is 11.1 Å². The van der Waals surface area contributed by atoms with Crippen LogP contribution in [0.25, 0.3) is 11.1 Å². The maximum atomic E-state index is 14.2. The highest BCUT2D eigenvalue weighted by molar-refractivity contribution is 7.89. The van der Waals surface area contributed by atoms with Crippen molar-refractivity contribution in [3.63, 3.8) is 0 Å². The number of hydrogen-bond donors (Lipinski definition) is 0. The van der Waals surface area contributed by atoms with E-state index in [2.05, 4.69) is 4.98 Å². The molecule has 0 saturated carbocycles. The molecule has 8 nitrogen and oxygen atoms in total. The molecule has 1 amide bonds. The first-order valence-corrected chi connectivity index (χ1v) is 13.9. The van der Waals surface area contributed by atoms with E-state index in [1.807, 2.05) is 43.3 Å². The predicted molar refractivity (Wildman–Crippen MR) is 143 cm³/mol. The number of rotatable bonds is 8. The first-order valence-electron chi connectivity index (χ1n) is 12.4. The van der Waals surface area contributed by atoms with Gasteiger partial charge in [-0.25, -0.2) is 12.8 Å². The van der Waals surface area contributed by atoms with Crippen LogP contribution in [0.1, 0.15) is 27.9 Å². The van der Waals surface area contributed by atoms with Crippen molar-refractivity contribution >= 4 is 33.0 Å². The van der Waals surface area contributed by atoms with E-state index in [-0.39, 0.29) is 27.6 Å². The van der Waals surface area contributed by atoms with Crippen LogP contribution in [0.4, 0.5) is 10.4 Å². The van der Waals surface area contributed by atoms with Crippen LogP contribution >= 0.6 is 0 Å². The summed E-state index contributed by atoms with van der Waals surface area (Å²) in [6.07, 6.45) is 1.28. The topological polar surface area (TPSA) is 87.0 Å². The summed E-state index contributed by atoms with van der Waals surface area (Å²) in [6.45, 7) is 1.72. The molecule has 0 fully saturated rings. The molecule has 1 aliphatic heterocycles. The van der Waals surface area contributed by atoms with Gasteiger partial charge in [-0.3, -0.25) is 9.69 Å². The van der Waals surface area contributed by atoms with Crippen LogP contribution in [0.2, 0.25) is 0 Å². The molecule has 198 valence electrons. The number of nitrogens with zero attached hydrogens (tertiary/aromatic N) is 4. The fourth-order valence-electron chi connectivity index (χ4n) is 4.60. The average molecular weight is 537 g/mol. The van der Waals surface area contributed by atoms with Crippen molar-refractivity contribution in [3.05, 3.63) is 89.2 Å². The van der Waals surface area contributed by atoms with Crippen LogP contribution in [-0.2, 0) is 23.0 Å². The van der Waals surface area contributed by atoms with Crippen molar-refractivity contribution in [2.75, 3.05) is 38.6 Å². The highest BCUT2D eigenvalue weighted by Gasteiger charge is 2.29. The molecule has 0 N–H and O–H groups in total. The number of carbonyl (C=O) groups is 1. The molecule has 10 heteroatoms. The number of amides is 1. The van der Waals surface area contributed by atoms with Gasteiger partial charge in [-0.15, -0.1) is 0 Å². The Morgan fingerprint density at radius 1 is 1.00 bits per heavy atom. The third kappa shape index (κ3) is 5.20. The number of oxazole rings is 1. The van der Waals surface area contributed by atoms with Crippen molar-refractivity contribution in [1.29, 1.82) is 0 Å². The van der Waals surface area contributed by atoms with Gasteiger partial charge in [-0.1, -0.05) is 30.3 Å². The molecule has 0 unspecified atom stereocenters. The van der Waals surface area contributed by atoms with Gasteiger partial charge in [0.2, 0.25) is 10.0 Å². The van der Waals surface area contributed by atoms with E-state index in [1.54, 1.807) is 6.07 Å². The molecular weight excluding hydrogens is 507 g/mol. The summed E-state index contributed by atoms with van der Waals surface area (Å²) in [5.41, 5.74) is 2.73. The lowest BCUT2D eigenvalue weighted by atomic mass is 10.0. The van der Waals surface area contributed by atoms with Crippen molar-refractivity contribution in [3.8, 4) is 0 Å². The second kappa shape index (κ2) is 10.6. The summed E-state index contributed by atoms with van der Waals surface area (Å²) >= 11 is 0. The molecule has 0 bridgehead atoms. The van der Waals surface area contributed by atoms with E-state index >= 15 is 0 Å². The Balaban J connectivity index is 1.39. The van der Waals surface area contributed by atoms with Crippen LogP contribution in [0.5, 0.6) is 0 Å². The summed E-state index contributed by atoms with van der Waals surface area (Å²) in [6, 6.07) is 18.1. The zero-order chi connectivity index (χ0) is 26.9. The van der Waals surface area contributed by atoms with Crippen LogP contribution in [0.3, 0.4) is 0 Å². The van der Waals surface area contributed by atoms with Gasteiger partial charge in [0.05, 0.1) is 4.90 Å². The van der Waals surface area contributed by atoms with Crippen molar-refractivity contribution < 1.29 is 22.0 Å². The summed E-state index contributed by atoms with van der Waals surface area (Å²) in [5, 5.41) is 0. The largest absolute Gasteiger partial charge is 0.423 e. The molecule has 4 aromatic rings. The van der Waals surface area contributed by atoms with Crippen LogP contribution in [0.15, 0.2) is 76.0 Å². The van der Waals surface area contributed by atoms with Crippen LogP contribution < -0.4 is 4.90 Å². The number of carbonyl (C=O) groups excluding carboxylic acids is 1. The predicted octanol–water partition coefficient (Wildman–Crippen LogP) is 4.31. The van der Waals surface area contributed by atoms with Gasteiger partial charge in [0.1, 0.15) is 5.52 Å². The van der Waals surface area contributed by atoms with Crippen molar-refractivity contribution in [2.45, 2.75) is 24.3 Å². The van der Waals surface area contributed by atoms with E-state index < -0.39 is 21.7 Å². The van der Waals surface area contributed by atoms with Crippen molar-refractivity contribution in [2.24, 2.45) is 0 Å². The molecule has 38 heavy (non-hydrogen) atoms. The van der Waals surface area contributed by atoms with E-state index in [0.29, 0.717) is 39.0 Å². The second-order valence-corrected chi connectivity index (χ2v) is 11.5. The molecule has 0 atom stereocenters. The Kier molecular flexibility index (Phi) is 7.29. The summed E-state index contributed by atoms with van der Waals surface area (Å²) in [4.78, 5) is 21.3. The smallest absolute Gasteiger partial charge is 0.305 e. The third-order valence-electron chi connectivity index (χ3n) is 6.66. The van der Waals surface area contributed by atoms with Crippen LogP contribution in [-0.4, -0.2) is 62.2 Å². The van der Waals surface area contributed by atoms with Gasteiger partial charge in [-0.05, 0) is 81.0 Å². The molecule has 0 saturated heterocycles. The van der Waals surface area contributed by atoms with Gasteiger partial charge < -0.3 is 9.32 Å². The fraction of sp³-hybridized carbons (Fsp3) is 0.286. The number of halogens is 1. The zero-order valence-corrected chi connectivity index (χ0v) is 22.1. The molecule has 1 aliphatic rings. The molecule has 3 aromatic carbocycles. The lowest BCUT2D eigenvalue weighted by molar-refractivity contribution is 0.0981. The van der Waals surface area contributed by atoms with Gasteiger partial charge >= 0.3 is 6.01 Å². The molecule has 0 radical (unpaired) electrons. The SMILES string of the molecule is CN(C)CCCN(C(=O)c1ccc(S(=O)(=O)N2CCc3ccccc3C2)cc1)c1nc2c(F)cccc2o1. The quantitative estimate of drug-likeness (QED) is 0.334. The number of hydrogen-bond acceptors (Lipinski definition) is 6. The van der Waals surface area contributed by atoms with E-state index in [1.165, 1.54) is 45.6 Å². The normalized spacial score (nSPS) is 14.1. The Morgan fingerprint density at radius 2 is 1.74 bits per heavy atom. The molecule has 0 spiro atoms. The Morgan fingerprint density at radius 3 is 2.45 bits per heavy atom. The maximum Gasteiger partial charge on any atom is 0.305 e. The monoisotopic (exact) mass is 536 g/mol. The minimum Gasteiger partial charge on any atom is -0.423 e. The number of sulfonamides is 1. The minimum absolute atomic E-state index is 0.00228. The molecule has 0 aliphatic carbocycles. The first kappa shape index (κ1) is 26.0. The molecule has 5 rings (SSSR count). The zero-order valence-electron chi connectivity index (χ0n) is 21.3. The minimum atomic E-state index is -3.74. The summed E-state index contributed by atoms with van der Waals surface area (Å²) in [5.74, 6) is -0.945. The second-order valence-electron chi connectivity index (χ2n) is 9.58. The number of aromatic nitrogens is 1. The fourth-order valence-corrected chi connectivity index (χ4v) is 6.02. The average Bonchev–Trinajstić information content (AvgIpc) is 3.36. The summed E-state index contributed by atoms with van der Waals surface area (Å²) in [7, 11) is 0.128. The lowest BCUT2D eigenvalue weighted by Gasteiger charge is -2.28. The number of anilines is 1.